The molecule has 0 saturated carbocycles. The van der Waals surface area contributed by atoms with Crippen LogP contribution in [0, 0.1) is 0 Å². The zero-order valence-electron chi connectivity index (χ0n) is 16.9. The number of hydrogen-bond donors (Lipinski definition) is 1. The number of nitrogens with two attached hydrogens (primary N) is 1. The van der Waals surface area contributed by atoms with E-state index in [2.05, 4.69) is 0 Å². The minimum atomic E-state index is -4.64. The third kappa shape index (κ3) is 3.94. The highest BCUT2D eigenvalue weighted by atomic mass is 32.2. The Morgan fingerprint density at radius 2 is 1.58 bits per heavy atom. The van der Waals surface area contributed by atoms with E-state index < -0.39 is 49.3 Å². The minimum Gasteiger partial charge on any atom is -0.467 e. The van der Waals surface area contributed by atoms with Crippen LogP contribution in [0.3, 0.4) is 0 Å². The molecule has 2 aromatic rings. The molecule has 0 aromatic heterocycles. The molecule has 6 nitrogen and oxygen atoms in total. The molecule has 0 spiro atoms. The Morgan fingerprint density at radius 3 is 2.16 bits per heavy atom. The maximum absolute atomic E-state index is 13.1. The van der Waals surface area contributed by atoms with Gasteiger partial charge in [0.05, 0.1) is 10.1 Å². The van der Waals surface area contributed by atoms with Crippen molar-refractivity contribution < 1.29 is 35.3 Å². The van der Waals surface area contributed by atoms with Gasteiger partial charge in [-0.15, -0.1) is 0 Å². The van der Waals surface area contributed by atoms with Crippen LogP contribution in [0.5, 0.6) is 0 Å². The van der Waals surface area contributed by atoms with Crippen molar-refractivity contribution in [1.29, 1.82) is 0 Å². The fourth-order valence-corrected chi connectivity index (χ4v) is 4.11. The molecule has 0 amide bonds. The van der Waals surface area contributed by atoms with E-state index in [-0.39, 0.29) is 5.56 Å². The summed E-state index contributed by atoms with van der Waals surface area (Å²) < 4.78 is 74.0. The van der Waals surface area contributed by atoms with Crippen molar-refractivity contribution in [3.63, 3.8) is 0 Å². The molecule has 0 radical (unpaired) electrons. The standard InChI is InChI=1S/C18H17B3F3NO5S/c19-16(11-7-4-8-12(9-11)18(22,23)24)14(26)13(15(25)29-16)30-31(27,28)17(20,21)10-5-2-1-3-6-10/h1-9H,19-21,25H2. The van der Waals surface area contributed by atoms with E-state index in [0.29, 0.717) is 5.56 Å². The summed E-state index contributed by atoms with van der Waals surface area (Å²) in [5.41, 5.74) is 3.01. The lowest BCUT2D eigenvalue weighted by molar-refractivity contribution is -0.138. The molecule has 2 N–H and O–H groups in total. The Hall–Kier alpha value is -2.82. The largest absolute Gasteiger partial charge is 0.467 e. The number of carbonyl (C=O) groups excluding carboxylic acids is 1. The molecule has 1 unspecified atom stereocenters. The number of benzene rings is 2. The summed E-state index contributed by atoms with van der Waals surface area (Å²) in [6.45, 7) is 0. The van der Waals surface area contributed by atoms with Gasteiger partial charge in [0, 0.05) is 0 Å². The second-order valence-electron chi connectivity index (χ2n) is 7.65. The van der Waals surface area contributed by atoms with Crippen LogP contribution < -0.4 is 5.73 Å². The lowest BCUT2D eigenvalue weighted by atomic mass is 9.65. The van der Waals surface area contributed by atoms with E-state index in [1.165, 1.54) is 29.6 Å². The number of alkyl halides is 3. The van der Waals surface area contributed by atoms with Crippen LogP contribution in [0.15, 0.2) is 66.2 Å². The molecule has 0 aliphatic carbocycles. The highest BCUT2D eigenvalue weighted by molar-refractivity contribution is 7.90. The number of rotatable bonds is 5. The van der Waals surface area contributed by atoms with Crippen LogP contribution in [0.1, 0.15) is 16.7 Å². The highest BCUT2D eigenvalue weighted by Gasteiger charge is 2.51. The Kier molecular flexibility index (Phi) is 5.46. The maximum atomic E-state index is 13.1. The number of hydrogen-bond acceptors (Lipinski definition) is 6. The third-order valence-corrected chi connectivity index (χ3v) is 7.08. The van der Waals surface area contributed by atoms with Gasteiger partial charge in [0.25, 0.3) is 0 Å². The molecule has 1 aliphatic heterocycles. The molecule has 13 heteroatoms. The summed E-state index contributed by atoms with van der Waals surface area (Å²) in [5.74, 6) is -2.40. The lowest BCUT2D eigenvalue weighted by Crippen LogP contribution is -2.40. The summed E-state index contributed by atoms with van der Waals surface area (Å²) in [6, 6.07) is 12.1. The molecule has 0 fully saturated rings. The van der Waals surface area contributed by atoms with E-state index in [0.717, 1.165) is 18.2 Å². The van der Waals surface area contributed by atoms with Crippen molar-refractivity contribution >= 4 is 39.4 Å². The average Bonchev–Trinajstić information content (AvgIpc) is 2.92. The van der Waals surface area contributed by atoms with Crippen molar-refractivity contribution in [2.45, 2.75) is 16.2 Å². The molecule has 160 valence electrons. The first-order valence-corrected chi connectivity index (χ1v) is 10.5. The van der Waals surface area contributed by atoms with Gasteiger partial charge >= 0.3 is 16.3 Å². The van der Waals surface area contributed by atoms with E-state index in [9.17, 15) is 26.4 Å². The van der Waals surface area contributed by atoms with Crippen molar-refractivity contribution in [1.82, 2.24) is 0 Å². The Balaban J connectivity index is 1.95. The number of ether oxygens (including phenoxy) is 1. The van der Waals surface area contributed by atoms with Gasteiger partial charge in [0.1, 0.15) is 15.7 Å². The molecule has 1 aliphatic rings. The number of Topliss-reactive ketones (excluding diaryl/α,β-unsaturated/α-hetero) is 1. The lowest BCUT2D eigenvalue weighted by Gasteiger charge is -2.26. The monoisotopic (exact) mass is 449 g/mol. The smallest absolute Gasteiger partial charge is 0.416 e. The zero-order valence-corrected chi connectivity index (χ0v) is 17.7. The van der Waals surface area contributed by atoms with Gasteiger partial charge in [-0.05, 0) is 23.3 Å². The van der Waals surface area contributed by atoms with Gasteiger partial charge in [-0.3, -0.25) is 4.79 Å². The molecular formula is C18H17B3F3NO5S. The van der Waals surface area contributed by atoms with Gasteiger partial charge in [-0.1, -0.05) is 42.5 Å². The topological polar surface area (TPSA) is 95.7 Å². The van der Waals surface area contributed by atoms with Crippen molar-refractivity contribution in [3.8, 4) is 0 Å². The van der Waals surface area contributed by atoms with Crippen LogP contribution in [-0.2, 0) is 40.1 Å². The van der Waals surface area contributed by atoms with Crippen LogP contribution in [-0.4, -0.2) is 37.7 Å². The fraction of sp³-hybridized carbons (Fsp3) is 0.167. The molecular weight excluding hydrogens is 432 g/mol. The maximum Gasteiger partial charge on any atom is 0.416 e. The summed E-state index contributed by atoms with van der Waals surface area (Å²) in [7, 11) is -0.468. The van der Waals surface area contributed by atoms with E-state index in [1.54, 1.807) is 30.3 Å². The molecule has 0 bridgehead atoms. The SMILES string of the molecule is BC1(c2cccc(C(F)(F)F)c2)OC(N)=C(OS(=O)(=O)C(B)(B)c2ccccc2)C1=O. The predicted molar refractivity (Wildman–Crippen MR) is 114 cm³/mol. The third-order valence-electron chi connectivity index (χ3n) is 5.21. The Labute approximate surface area is 179 Å². The number of halogens is 3. The first-order valence-electron chi connectivity index (χ1n) is 9.11. The van der Waals surface area contributed by atoms with Crippen LogP contribution >= 0.6 is 0 Å². The quantitative estimate of drug-likeness (QED) is 0.496. The summed E-state index contributed by atoms with van der Waals surface area (Å²) in [4.78, 5) is 13.0. The molecule has 1 heterocycles. The van der Waals surface area contributed by atoms with Gasteiger partial charge in [-0.25, -0.2) is 0 Å². The van der Waals surface area contributed by atoms with E-state index >= 15 is 0 Å². The zero-order chi connectivity index (χ0) is 23.2. The minimum absolute atomic E-state index is 0.145. The summed E-state index contributed by atoms with van der Waals surface area (Å²) in [5, 5.41) is 0. The van der Waals surface area contributed by atoms with Crippen molar-refractivity contribution in [2.24, 2.45) is 5.73 Å². The average molecular weight is 449 g/mol. The summed E-state index contributed by atoms with van der Waals surface area (Å²) >= 11 is 0. The molecule has 3 rings (SSSR count). The van der Waals surface area contributed by atoms with Gasteiger partial charge in [0.15, 0.2) is 13.3 Å². The molecule has 2 aromatic carbocycles. The van der Waals surface area contributed by atoms with Crippen LogP contribution in [0.4, 0.5) is 13.2 Å². The van der Waals surface area contributed by atoms with Crippen LogP contribution in [0.25, 0.3) is 0 Å². The number of ketones is 1. The Morgan fingerprint density at radius 1 is 1.00 bits per heavy atom. The summed E-state index contributed by atoms with van der Waals surface area (Å²) in [6.07, 6.45) is -4.64. The Bertz CT molecular complexity index is 1170. The molecule has 1 atom stereocenters. The van der Waals surface area contributed by atoms with Crippen LogP contribution in [0.2, 0.25) is 0 Å². The normalized spacial score (nSPS) is 19.9. The van der Waals surface area contributed by atoms with Gasteiger partial charge < -0.3 is 14.7 Å². The first kappa shape index (κ1) is 22.9. The second kappa shape index (κ2) is 7.40. The fourth-order valence-electron chi connectivity index (χ4n) is 3.10. The van der Waals surface area contributed by atoms with Gasteiger partial charge in [-0.2, -0.15) is 21.6 Å². The predicted octanol–water partition coefficient (Wildman–Crippen LogP) is -0.359. The number of carbonyl (C=O) groups is 1. The van der Waals surface area contributed by atoms with Gasteiger partial charge in [0.2, 0.25) is 17.4 Å². The van der Waals surface area contributed by atoms with Crippen molar-refractivity contribution in [2.75, 3.05) is 0 Å². The van der Waals surface area contributed by atoms with Crippen molar-refractivity contribution in [3.05, 3.63) is 82.9 Å². The first-order chi connectivity index (χ1) is 14.2. The molecule has 0 saturated heterocycles. The second-order valence-corrected chi connectivity index (χ2v) is 9.75. The molecule has 31 heavy (non-hydrogen) atoms. The van der Waals surface area contributed by atoms with E-state index in [1.807, 2.05) is 0 Å². The highest BCUT2D eigenvalue weighted by Crippen LogP contribution is 2.39. The van der Waals surface area contributed by atoms with E-state index in [4.69, 9.17) is 14.7 Å².